The molecule has 11 nitrogen and oxygen atoms in total. The number of phosphoric acid groups is 1. The fourth-order valence-corrected chi connectivity index (χ4v) is 7.48. The number of phosphoric ester groups is 1. The third kappa shape index (κ3) is 11.2. The molecule has 4 amide bonds. The first-order valence-electron chi connectivity index (χ1n) is 17.1. The molecule has 0 aromatic heterocycles. The van der Waals surface area contributed by atoms with E-state index in [1.54, 1.807) is 24.3 Å². The van der Waals surface area contributed by atoms with Gasteiger partial charge < -0.3 is 25.4 Å². The minimum atomic E-state index is -4.05. The quantitative estimate of drug-likeness (QED) is 0.151. The van der Waals surface area contributed by atoms with Crippen molar-refractivity contribution in [2.24, 2.45) is 0 Å². The Labute approximate surface area is 288 Å². The molecule has 5 rings (SSSR count). The van der Waals surface area contributed by atoms with Gasteiger partial charge in [0.15, 0.2) is 0 Å². The zero-order valence-corrected chi connectivity index (χ0v) is 29.0. The van der Waals surface area contributed by atoms with Crippen molar-refractivity contribution in [3.8, 4) is 5.75 Å². The molecule has 2 fully saturated rings. The van der Waals surface area contributed by atoms with E-state index in [1.165, 1.54) is 6.92 Å². The van der Waals surface area contributed by atoms with Crippen LogP contribution in [0.1, 0.15) is 68.6 Å². The van der Waals surface area contributed by atoms with E-state index in [4.69, 9.17) is 13.6 Å². The Morgan fingerprint density at radius 1 is 0.857 bits per heavy atom. The molecule has 3 aromatic rings. The van der Waals surface area contributed by atoms with Gasteiger partial charge in [0.25, 0.3) is 0 Å². The number of urea groups is 1. The molecule has 3 aromatic carbocycles. The Balaban J connectivity index is 1.24. The second kappa shape index (κ2) is 17.5. The van der Waals surface area contributed by atoms with E-state index >= 15 is 0 Å². The molecule has 262 valence electrons. The molecule has 49 heavy (non-hydrogen) atoms. The molecule has 1 heterocycles. The van der Waals surface area contributed by atoms with Gasteiger partial charge in [-0.05, 0) is 54.5 Å². The van der Waals surface area contributed by atoms with E-state index in [-0.39, 0.29) is 43.2 Å². The van der Waals surface area contributed by atoms with Crippen LogP contribution in [0.15, 0.2) is 84.9 Å². The number of benzene rings is 3. The van der Waals surface area contributed by atoms with Gasteiger partial charge in [0.1, 0.15) is 11.8 Å². The van der Waals surface area contributed by atoms with Gasteiger partial charge in [-0.3, -0.25) is 18.6 Å². The number of amides is 4. The fraction of sp³-hybridized carbons (Fsp3) is 0.432. The first kappa shape index (κ1) is 36.1. The Morgan fingerprint density at radius 2 is 1.47 bits per heavy atom. The third-order valence-corrected chi connectivity index (χ3v) is 10.3. The summed E-state index contributed by atoms with van der Waals surface area (Å²) in [5, 5.41) is 9.02. The van der Waals surface area contributed by atoms with E-state index < -0.39 is 19.4 Å². The summed E-state index contributed by atoms with van der Waals surface area (Å²) >= 11 is 0. The van der Waals surface area contributed by atoms with Gasteiger partial charge in [-0.15, -0.1) is 0 Å². The summed E-state index contributed by atoms with van der Waals surface area (Å²) in [7, 11) is -4.05. The van der Waals surface area contributed by atoms with E-state index in [1.807, 2.05) is 65.6 Å². The second-order valence-corrected chi connectivity index (χ2v) is 14.4. The molecule has 0 bridgehead atoms. The van der Waals surface area contributed by atoms with Crippen LogP contribution in [0, 0.1) is 0 Å². The van der Waals surface area contributed by atoms with Crippen molar-refractivity contribution in [1.82, 2.24) is 20.9 Å². The van der Waals surface area contributed by atoms with Crippen molar-refractivity contribution in [2.75, 3.05) is 19.6 Å². The summed E-state index contributed by atoms with van der Waals surface area (Å²) < 4.78 is 31.1. The summed E-state index contributed by atoms with van der Waals surface area (Å²) in [6, 6.07) is 24.7. The van der Waals surface area contributed by atoms with Gasteiger partial charge >= 0.3 is 13.9 Å². The summed E-state index contributed by atoms with van der Waals surface area (Å²) in [6.45, 7) is 3.41. The molecule has 1 aliphatic heterocycles. The minimum Gasteiger partial charge on any atom is -0.404 e. The largest absolute Gasteiger partial charge is 0.530 e. The summed E-state index contributed by atoms with van der Waals surface area (Å²) in [5.74, 6) is -0.292. The molecule has 1 aliphatic carbocycles. The van der Waals surface area contributed by atoms with Crippen molar-refractivity contribution in [2.45, 2.75) is 83.1 Å². The van der Waals surface area contributed by atoms with Gasteiger partial charge in [0, 0.05) is 38.5 Å². The lowest BCUT2D eigenvalue weighted by Gasteiger charge is -2.41. The van der Waals surface area contributed by atoms with Gasteiger partial charge in [0.2, 0.25) is 11.8 Å². The zero-order valence-electron chi connectivity index (χ0n) is 28.1. The van der Waals surface area contributed by atoms with E-state index in [0.717, 1.165) is 55.2 Å². The maximum Gasteiger partial charge on any atom is 0.530 e. The second-order valence-electron chi connectivity index (χ2n) is 12.8. The lowest BCUT2D eigenvalue weighted by atomic mass is 9.78. The van der Waals surface area contributed by atoms with Crippen LogP contribution < -0.4 is 20.5 Å². The van der Waals surface area contributed by atoms with Crippen LogP contribution in [0.5, 0.6) is 5.75 Å². The highest BCUT2D eigenvalue weighted by Gasteiger charge is 2.37. The number of rotatable bonds is 16. The molecule has 1 atom stereocenters. The average molecular weight is 691 g/mol. The SMILES string of the molecule is CC(=O)N[C@@H](Cc1ccc(OP(=O)(OCc2ccccc2)OCc2ccccc2)cc1)C(=O)NC1(CCN2CCCNC2=O)CCCCC1. The molecule has 2 aliphatic rings. The summed E-state index contributed by atoms with van der Waals surface area (Å²) in [5.41, 5.74) is 1.97. The van der Waals surface area contributed by atoms with E-state index in [0.29, 0.717) is 26.1 Å². The van der Waals surface area contributed by atoms with Crippen molar-refractivity contribution >= 4 is 25.7 Å². The van der Waals surface area contributed by atoms with Crippen LogP contribution in [0.25, 0.3) is 0 Å². The third-order valence-electron chi connectivity index (χ3n) is 8.97. The Bertz CT molecular complexity index is 1520. The van der Waals surface area contributed by atoms with E-state index in [9.17, 15) is 18.9 Å². The molecule has 0 spiro atoms. The van der Waals surface area contributed by atoms with Crippen LogP contribution in [0.2, 0.25) is 0 Å². The Kier molecular flexibility index (Phi) is 12.9. The fourth-order valence-electron chi connectivity index (χ4n) is 6.31. The highest BCUT2D eigenvalue weighted by atomic mass is 31.2. The van der Waals surface area contributed by atoms with Gasteiger partial charge in [0.05, 0.1) is 13.2 Å². The highest BCUT2D eigenvalue weighted by Crippen LogP contribution is 2.51. The standard InChI is InChI=1S/C37H47N4O7P/c1-29(42)39-34(35(43)40-37(20-9-4-10-21-37)22-25-41-24-11-23-38-36(41)44)26-30-16-18-33(19-17-30)48-49(45,46-27-31-12-5-2-6-13-31)47-28-32-14-7-3-8-15-32/h2-3,5-8,12-19,34H,4,9-11,20-28H2,1H3,(H,38,44)(H,39,42)(H,40,43)/t34-/m0/s1. The van der Waals surface area contributed by atoms with Gasteiger partial charge in [-0.25, -0.2) is 9.36 Å². The topological polar surface area (TPSA) is 135 Å². The van der Waals surface area contributed by atoms with E-state index in [2.05, 4.69) is 16.0 Å². The molecule has 1 saturated carbocycles. The summed E-state index contributed by atoms with van der Waals surface area (Å²) in [6.07, 6.45) is 6.54. The number of nitrogens with one attached hydrogen (secondary N) is 3. The van der Waals surface area contributed by atoms with Crippen LogP contribution in [0.4, 0.5) is 4.79 Å². The smallest absolute Gasteiger partial charge is 0.404 e. The van der Waals surface area contributed by atoms with Gasteiger partial charge in [-0.2, -0.15) is 0 Å². The maximum absolute atomic E-state index is 13.8. The molecule has 3 N–H and O–H groups in total. The lowest BCUT2D eigenvalue weighted by molar-refractivity contribution is -0.129. The van der Waals surface area contributed by atoms with Crippen molar-refractivity contribution in [3.05, 3.63) is 102 Å². The first-order valence-corrected chi connectivity index (χ1v) is 18.5. The van der Waals surface area contributed by atoms with Crippen LogP contribution in [0.3, 0.4) is 0 Å². The predicted octanol–water partition coefficient (Wildman–Crippen LogP) is 6.28. The molecular weight excluding hydrogens is 643 g/mol. The number of carbonyl (C=O) groups excluding carboxylic acids is 3. The minimum absolute atomic E-state index is 0.0330. The number of carbonyl (C=O) groups is 3. The maximum atomic E-state index is 13.8. The molecule has 1 saturated heterocycles. The predicted molar refractivity (Wildman–Crippen MR) is 187 cm³/mol. The normalized spacial score (nSPS) is 16.7. The van der Waals surface area contributed by atoms with Crippen LogP contribution in [-0.4, -0.2) is 54.0 Å². The number of nitrogens with zero attached hydrogens (tertiary/aromatic N) is 1. The lowest BCUT2D eigenvalue weighted by Crippen LogP contribution is -2.58. The first-order chi connectivity index (χ1) is 23.7. The number of hydrogen-bond acceptors (Lipinski definition) is 7. The molecule has 0 radical (unpaired) electrons. The molecule has 0 unspecified atom stereocenters. The average Bonchev–Trinajstić information content (AvgIpc) is 3.11. The zero-order chi connectivity index (χ0) is 34.5. The van der Waals surface area contributed by atoms with Crippen molar-refractivity contribution in [3.63, 3.8) is 0 Å². The van der Waals surface area contributed by atoms with Gasteiger partial charge in [-0.1, -0.05) is 92.1 Å². The number of hydrogen-bond donors (Lipinski definition) is 3. The van der Waals surface area contributed by atoms with Crippen molar-refractivity contribution < 1.29 is 32.5 Å². The van der Waals surface area contributed by atoms with Crippen LogP contribution in [-0.2, 0) is 42.8 Å². The molecule has 12 heteroatoms. The van der Waals surface area contributed by atoms with Crippen molar-refractivity contribution in [1.29, 1.82) is 0 Å². The monoisotopic (exact) mass is 690 g/mol. The highest BCUT2D eigenvalue weighted by molar-refractivity contribution is 7.48. The summed E-state index contributed by atoms with van der Waals surface area (Å²) in [4.78, 5) is 40.2. The Hall–Kier alpha value is -4.18. The Morgan fingerprint density at radius 3 is 2.04 bits per heavy atom. The van der Waals surface area contributed by atoms with Crippen LogP contribution >= 0.6 is 7.82 Å². The molecular formula is C37H47N4O7P.